The Hall–Kier alpha value is -2.83. The standard InChI is InChI=1S/C21H23ClF3N3O5S/c1-28(2)9-10-32-17(29)12-27-19(18(22)20(26)21(23,24)25)16-8-7-15(33-16)13-5-4-6-14(11-13)34(3,30)31/h4-8,11H,9-10,12,26H2,1-3H3. The van der Waals surface area contributed by atoms with Crippen LogP contribution >= 0.6 is 11.6 Å². The second-order valence-electron chi connectivity index (χ2n) is 7.38. The van der Waals surface area contributed by atoms with Crippen LogP contribution in [0.5, 0.6) is 0 Å². The molecule has 0 spiro atoms. The van der Waals surface area contributed by atoms with E-state index in [1.807, 2.05) is 0 Å². The van der Waals surface area contributed by atoms with Crippen LogP contribution in [0.15, 0.2) is 61.4 Å². The molecule has 0 saturated heterocycles. The minimum absolute atomic E-state index is 0.0246. The molecule has 1 aromatic heterocycles. The van der Waals surface area contributed by atoms with Gasteiger partial charge in [-0.3, -0.25) is 9.79 Å². The average Bonchev–Trinajstić information content (AvgIpc) is 3.21. The van der Waals surface area contributed by atoms with Crippen LogP contribution in [0.25, 0.3) is 11.3 Å². The van der Waals surface area contributed by atoms with Gasteiger partial charge in [0, 0.05) is 18.4 Å². The summed E-state index contributed by atoms with van der Waals surface area (Å²) in [6.45, 7) is -0.131. The summed E-state index contributed by atoms with van der Waals surface area (Å²) in [5.74, 6) is -0.864. The van der Waals surface area contributed by atoms with E-state index in [9.17, 15) is 26.4 Å². The average molecular weight is 522 g/mol. The fourth-order valence-corrected chi connectivity index (χ4v) is 3.47. The van der Waals surface area contributed by atoms with Gasteiger partial charge in [-0.15, -0.1) is 0 Å². The van der Waals surface area contributed by atoms with Crippen LogP contribution in [0, 0.1) is 0 Å². The van der Waals surface area contributed by atoms with Gasteiger partial charge in [-0.25, -0.2) is 8.42 Å². The Labute approximate surface area is 199 Å². The molecule has 2 aromatic rings. The normalized spacial score (nSPS) is 13.7. The number of nitrogens with two attached hydrogens (primary N) is 1. The lowest BCUT2D eigenvalue weighted by Gasteiger charge is -2.11. The van der Waals surface area contributed by atoms with Gasteiger partial charge in [0.1, 0.15) is 30.3 Å². The molecule has 0 fully saturated rings. The number of hydrogen-bond donors (Lipinski definition) is 1. The maximum absolute atomic E-state index is 13.1. The van der Waals surface area contributed by atoms with Crippen LogP contribution in [0.3, 0.4) is 0 Å². The predicted molar refractivity (Wildman–Crippen MR) is 121 cm³/mol. The topological polar surface area (TPSA) is 115 Å². The summed E-state index contributed by atoms with van der Waals surface area (Å²) < 4.78 is 73.6. The van der Waals surface area contributed by atoms with Crippen LogP contribution in [-0.4, -0.2) is 71.2 Å². The minimum Gasteiger partial charge on any atom is -0.463 e. The molecule has 0 radical (unpaired) electrons. The maximum Gasteiger partial charge on any atom is 0.432 e. The number of allylic oxidation sites excluding steroid dienone is 2. The highest BCUT2D eigenvalue weighted by Gasteiger charge is 2.36. The summed E-state index contributed by atoms with van der Waals surface area (Å²) in [5.41, 5.74) is 3.37. The summed E-state index contributed by atoms with van der Waals surface area (Å²) in [5, 5.41) is -0.959. The van der Waals surface area contributed by atoms with Gasteiger partial charge >= 0.3 is 12.1 Å². The van der Waals surface area contributed by atoms with E-state index in [1.54, 1.807) is 25.1 Å². The van der Waals surface area contributed by atoms with E-state index < -0.39 is 45.0 Å². The molecule has 8 nitrogen and oxygen atoms in total. The maximum atomic E-state index is 13.1. The van der Waals surface area contributed by atoms with Gasteiger partial charge in [-0.05, 0) is 38.4 Å². The number of carbonyl (C=O) groups excluding carboxylic acids is 1. The third kappa shape index (κ3) is 7.61. The minimum atomic E-state index is -4.96. The Bertz CT molecular complexity index is 1200. The van der Waals surface area contributed by atoms with E-state index in [-0.39, 0.29) is 23.0 Å². The molecule has 0 aliphatic heterocycles. The molecule has 0 saturated carbocycles. The number of likely N-dealkylation sites (N-methyl/N-ethyl adjacent to an activating group) is 1. The molecule has 0 atom stereocenters. The van der Waals surface area contributed by atoms with Crippen molar-refractivity contribution in [1.29, 1.82) is 0 Å². The number of alkyl halides is 3. The number of benzene rings is 1. The molecule has 0 unspecified atom stereocenters. The quantitative estimate of drug-likeness (QED) is 0.398. The Morgan fingerprint density at radius 1 is 1.24 bits per heavy atom. The molecular formula is C21H23ClF3N3O5S. The second kappa shape index (κ2) is 11.1. The third-order valence-corrected chi connectivity index (χ3v) is 5.80. The van der Waals surface area contributed by atoms with E-state index in [2.05, 4.69) is 4.99 Å². The van der Waals surface area contributed by atoms with Crippen LogP contribution in [0.2, 0.25) is 0 Å². The molecule has 13 heteroatoms. The lowest BCUT2D eigenvalue weighted by Crippen LogP contribution is -2.24. The van der Waals surface area contributed by atoms with E-state index in [0.717, 1.165) is 6.26 Å². The molecule has 1 aromatic carbocycles. The summed E-state index contributed by atoms with van der Waals surface area (Å²) in [6, 6.07) is 8.46. The first kappa shape index (κ1) is 27.4. The number of esters is 1. The zero-order valence-corrected chi connectivity index (χ0v) is 20.1. The van der Waals surface area contributed by atoms with Gasteiger partial charge in [0.15, 0.2) is 15.6 Å². The van der Waals surface area contributed by atoms with E-state index in [1.165, 1.54) is 30.3 Å². The fourth-order valence-electron chi connectivity index (χ4n) is 2.54. The zero-order valence-electron chi connectivity index (χ0n) is 18.5. The van der Waals surface area contributed by atoms with Crippen LogP contribution in [-0.2, 0) is 19.4 Å². The van der Waals surface area contributed by atoms with Crippen LogP contribution in [0.4, 0.5) is 13.2 Å². The summed E-state index contributed by atoms with van der Waals surface area (Å²) >= 11 is 5.89. The Kier molecular flexibility index (Phi) is 8.92. The van der Waals surface area contributed by atoms with E-state index in [0.29, 0.717) is 12.1 Å². The predicted octanol–water partition coefficient (Wildman–Crippen LogP) is 3.22. The molecule has 186 valence electrons. The first-order valence-electron chi connectivity index (χ1n) is 9.68. The number of nitrogens with zero attached hydrogens (tertiary/aromatic N) is 2. The number of furan rings is 1. The van der Waals surface area contributed by atoms with Crippen molar-refractivity contribution in [2.75, 3.05) is 40.0 Å². The lowest BCUT2D eigenvalue weighted by atomic mass is 10.2. The van der Waals surface area contributed by atoms with Crippen molar-refractivity contribution in [2.24, 2.45) is 10.7 Å². The monoisotopic (exact) mass is 521 g/mol. The van der Waals surface area contributed by atoms with Gasteiger partial charge in [0.25, 0.3) is 0 Å². The molecule has 0 amide bonds. The van der Waals surface area contributed by atoms with E-state index in [4.69, 9.17) is 26.5 Å². The molecule has 0 aliphatic carbocycles. The Balaban J connectivity index is 2.43. The first-order valence-corrected chi connectivity index (χ1v) is 12.0. The van der Waals surface area contributed by atoms with Gasteiger partial charge in [-0.1, -0.05) is 23.7 Å². The lowest BCUT2D eigenvalue weighted by molar-refractivity contribution is -0.142. The van der Waals surface area contributed by atoms with Crippen LogP contribution in [0.1, 0.15) is 5.76 Å². The second-order valence-corrected chi connectivity index (χ2v) is 9.77. The van der Waals surface area contributed by atoms with Gasteiger partial charge in [0.05, 0.1) is 9.93 Å². The summed E-state index contributed by atoms with van der Waals surface area (Å²) in [6.07, 6.45) is -3.92. The van der Waals surface area contributed by atoms with Crippen molar-refractivity contribution in [3.8, 4) is 11.3 Å². The highest BCUT2D eigenvalue weighted by molar-refractivity contribution is 7.90. The Morgan fingerprint density at radius 3 is 2.50 bits per heavy atom. The zero-order chi connectivity index (χ0) is 25.7. The number of hydrogen-bond acceptors (Lipinski definition) is 8. The number of aliphatic imine (C=N–C) groups is 1. The Morgan fingerprint density at radius 2 is 1.91 bits per heavy atom. The molecule has 0 aliphatic rings. The van der Waals surface area contributed by atoms with E-state index >= 15 is 0 Å². The van der Waals surface area contributed by atoms with Gasteiger partial charge in [0.2, 0.25) is 0 Å². The van der Waals surface area contributed by atoms with Gasteiger partial charge < -0.3 is 19.8 Å². The third-order valence-electron chi connectivity index (χ3n) is 4.30. The largest absolute Gasteiger partial charge is 0.463 e. The fraction of sp³-hybridized carbons (Fsp3) is 0.333. The number of rotatable bonds is 9. The van der Waals surface area contributed by atoms with Crippen molar-refractivity contribution in [2.45, 2.75) is 11.1 Å². The first-order chi connectivity index (χ1) is 15.7. The van der Waals surface area contributed by atoms with Crippen LogP contribution < -0.4 is 5.73 Å². The number of sulfone groups is 1. The highest BCUT2D eigenvalue weighted by Crippen LogP contribution is 2.30. The number of carbonyl (C=O) groups is 1. The molecule has 2 N–H and O–H groups in total. The molecule has 2 rings (SSSR count). The summed E-state index contributed by atoms with van der Waals surface area (Å²) in [4.78, 5) is 17.6. The molecule has 34 heavy (non-hydrogen) atoms. The number of halogens is 4. The SMILES string of the molecule is CN(C)CCOC(=O)CN=C(C(Cl)=C(N)C(F)(F)F)c1ccc(-c2cccc(S(C)(=O)=O)c2)o1. The smallest absolute Gasteiger partial charge is 0.432 e. The van der Waals surface area contributed by atoms with Crippen molar-refractivity contribution in [1.82, 2.24) is 4.90 Å². The number of ether oxygens (including phenoxy) is 1. The highest BCUT2D eigenvalue weighted by atomic mass is 35.5. The summed E-state index contributed by atoms with van der Waals surface area (Å²) in [7, 11) is 0.0399. The van der Waals surface area contributed by atoms with Crippen molar-refractivity contribution >= 4 is 33.1 Å². The molecular weight excluding hydrogens is 499 g/mol. The van der Waals surface area contributed by atoms with Crippen molar-refractivity contribution < 1.29 is 35.5 Å². The van der Waals surface area contributed by atoms with Crippen molar-refractivity contribution in [3.63, 3.8) is 0 Å². The van der Waals surface area contributed by atoms with Gasteiger partial charge in [-0.2, -0.15) is 13.2 Å². The molecule has 1 heterocycles. The molecule has 0 bridgehead atoms. The van der Waals surface area contributed by atoms with Crippen molar-refractivity contribution in [3.05, 3.63) is 52.9 Å².